The summed E-state index contributed by atoms with van der Waals surface area (Å²) in [5.74, 6) is -0.590. The van der Waals surface area contributed by atoms with Crippen LogP contribution in [-0.2, 0) is 4.79 Å². The number of nitrogens with zero attached hydrogens (tertiary/aromatic N) is 2. The summed E-state index contributed by atoms with van der Waals surface area (Å²) in [4.78, 5) is 17.1. The average molecular weight is 394 g/mol. The van der Waals surface area contributed by atoms with Gasteiger partial charge in [-0.2, -0.15) is 0 Å². The number of carbonyl (C=O) groups is 1. The van der Waals surface area contributed by atoms with Crippen molar-refractivity contribution in [2.24, 2.45) is 0 Å². The number of fused-ring (bicyclic) bond motifs is 1. The summed E-state index contributed by atoms with van der Waals surface area (Å²) in [6.45, 7) is 8.77. The van der Waals surface area contributed by atoms with E-state index in [1.165, 1.54) is 24.2 Å². The second kappa shape index (κ2) is 8.25. The van der Waals surface area contributed by atoms with Crippen LogP contribution < -0.4 is 15.5 Å². The summed E-state index contributed by atoms with van der Waals surface area (Å²) in [5, 5.41) is 5.89. The Labute approximate surface area is 171 Å². The molecule has 5 nitrogen and oxygen atoms in total. The third-order valence-corrected chi connectivity index (χ3v) is 5.87. The molecule has 4 rings (SSSR count). The normalized spacial score (nSPS) is 19.7. The molecule has 2 aromatic carbocycles. The predicted octanol–water partition coefficient (Wildman–Crippen LogP) is 4.15. The SMILES string of the molecule is CCN(CC)C1CCN(c2ccc(N/C=C3\C(=O)Nc4cc(F)ccc43)cc2)C1. The Morgan fingerprint density at radius 1 is 1.21 bits per heavy atom. The lowest BCUT2D eigenvalue weighted by Gasteiger charge is -2.26. The van der Waals surface area contributed by atoms with E-state index >= 15 is 0 Å². The van der Waals surface area contributed by atoms with Crippen molar-refractivity contribution in [1.29, 1.82) is 0 Å². The molecule has 1 amide bonds. The summed E-state index contributed by atoms with van der Waals surface area (Å²) >= 11 is 0. The van der Waals surface area contributed by atoms with Gasteiger partial charge in [-0.05, 0) is 62.0 Å². The number of nitrogens with one attached hydrogen (secondary N) is 2. The largest absolute Gasteiger partial charge is 0.370 e. The van der Waals surface area contributed by atoms with E-state index < -0.39 is 0 Å². The van der Waals surface area contributed by atoms with Crippen molar-refractivity contribution < 1.29 is 9.18 Å². The van der Waals surface area contributed by atoms with Crippen LogP contribution in [0.4, 0.5) is 21.5 Å². The Hall–Kier alpha value is -2.86. The van der Waals surface area contributed by atoms with Gasteiger partial charge in [0.1, 0.15) is 5.82 Å². The number of halogens is 1. The van der Waals surface area contributed by atoms with Crippen molar-refractivity contribution in [3.63, 3.8) is 0 Å². The summed E-state index contributed by atoms with van der Waals surface area (Å²) in [6.07, 6.45) is 2.88. The molecule has 6 heteroatoms. The zero-order valence-electron chi connectivity index (χ0n) is 16.9. The molecule has 152 valence electrons. The summed E-state index contributed by atoms with van der Waals surface area (Å²) < 4.78 is 13.3. The Morgan fingerprint density at radius 2 is 1.97 bits per heavy atom. The van der Waals surface area contributed by atoms with Gasteiger partial charge in [-0.25, -0.2) is 4.39 Å². The van der Waals surface area contributed by atoms with Crippen LogP contribution in [0.1, 0.15) is 25.8 Å². The van der Waals surface area contributed by atoms with Crippen LogP contribution in [0.25, 0.3) is 5.57 Å². The topological polar surface area (TPSA) is 47.6 Å². The van der Waals surface area contributed by atoms with Gasteiger partial charge in [-0.1, -0.05) is 13.8 Å². The number of hydrogen-bond donors (Lipinski definition) is 2. The molecule has 0 aromatic heterocycles. The third-order valence-electron chi connectivity index (χ3n) is 5.87. The highest BCUT2D eigenvalue weighted by Gasteiger charge is 2.26. The number of amides is 1. The van der Waals surface area contributed by atoms with Crippen LogP contribution >= 0.6 is 0 Å². The second-order valence-electron chi connectivity index (χ2n) is 7.50. The molecule has 0 spiro atoms. The molecule has 2 N–H and O–H groups in total. The first-order chi connectivity index (χ1) is 14.1. The molecule has 1 atom stereocenters. The van der Waals surface area contributed by atoms with Gasteiger partial charge < -0.3 is 15.5 Å². The third kappa shape index (κ3) is 3.98. The molecular formula is C23H27FN4O. The average Bonchev–Trinajstić information content (AvgIpc) is 3.32. The van der Waals surface area contributed by atoms with Crippen molar-refractivity contribution in [2.75, 3.05) is 41.7 Å². The lowest BCUT2D eigenvalue weighted by Crippen LogP contribution is -2.37. The fraction of sp³-hybridized carbons (Fsp3) is 0.348. The van der Waals surface area contributed by atoms with Crippen LogP contribution in [0.5, 0.6) is 0 Å². The van der Waals surface area contributed by atoms with Crippen molar-refractivity contribution in [1.82, 2.24) is 4.90 Å². The first kappa shape index (κ1) is 19.5. The van der Waals surface area contributed by atoms with Gasteiger partial charge in [-0.15, -0.1) is 0 Å². The van der Waals surface area contributed by atoms with Crippen molar-refractivity contribution >= 4 is 28.5 Å². The molecule has 2 aromatic rings. The lowest BCUT2D eigenvalue weighted by molar-refractivity contribution is -0.110. The van der Waals surface area contributed by atoms with Crippen molar-refractivity contribution in [3.05, 3.63) is 60.0 Å². The molecule has 0 bridgehead atoms. The minimum Gasteiger partial charge on any atom is -0.370 e. The van der Waals surface area contributed by atoms with E-state index in [9.17, 15) is 9.18 Å². The molecule has 2 aliphatic rings. The Bertz CT molecular complexity index is 921. The number of carbonyl (C=O) groups excluding carboxylic acids is 1. The highest BCUT2D eigenvalue weighted by Crippen LogP contribution is 2.32. The molecule has 0 saturated carbocycles. The van der Waals surface area contributed by atoms with E-state index in [1.807, 2.05) is 12.1 Å². The van der Waals surface area contributed by atoms with E-state index in [0.717, 1.165) is 31.9 Å². The van der Waals surface area contributed by atoms with Crippen molar-refractivity contribution in [2.45, 2.75) is 26.3 Å². The van der Waals surface area contributed by atoms with Gasteiger partial charge in [0.25, 0.3) is 5.91 Å². The molecule has 2 heterocycles. The maximum atomic E-state index is 13.3. The number of hydrogen-bond acceptors (Lipinski definition) is 4. The number of rotatable bonds is 6. The van der Waals surface area contributed by atoms with Crippen molar-refractivity contribution in [3.8, 4) is 0 Å². The van der Waals surface area contributed by atoms with Crippen LogP contribution in [-0.4, -0.2) is 43.0 Å². The van der Waals surface area contributed by atoms with E-state index in [4.69, 9.17) is 0 Å². The van der Waals surface area contributed by atoms with Gasteiger partial charge in [-0.3, -0.25) is 9.69 Å². The van der Waals surface area contributed by atoms with Gasteiger partial charge in [0, 0.05) is 42.3 Å². The standard InChI is InChI=1S/C23H27FN4O/c1-3-27(4-2)19-11-12-28(15-19)18-8-6-17(7-9-18)25-14-21-20-10-5-16(24)13-22(20)26-23(21)29/h5-10,13-14,19,25H,3-4,11-12,15H2,1-2H3,(H,26,29)/b21-14-. The molecule has 2 aliphatic heterocycles. The van der Waals surface area contributed by atoms with Gasteiger partial charge >= 0.3 is 0 Å². The monoisotopic (exact) mass is 394 g/mol. The van der Waals surface area contributed by atoms with E-state index in [0.29, 0.717) is 22.9 Å². The van der Waals surface area contributed by atoms with E-state index in [-0.39, 0.29) is 11.7 Å². The molecule has 1 unspecified atom stereocenters. The second-order valence-corrected chi connectivity index (χ2v) is 7.50. The van der Waals surface area contributed by atoms with E-state index in [1.54, 1.807) is 12.3 Å². The quantitative estimate of drug-likeness (QED) is 0.723. The van der Waals surface area contributed by atoms with Crippen LogP contribution in [0, 0.1) is 5.82 Å². The molecular weight excluding hydrogens is 367 g/mol. The molecule has 1 fully saturated rings. The number of benzene rings is 2. The first-order valence-corrected chi connectivity index (χ1v) is 10.3. The Morgan fingerprint density at radius 3 is 2.69 bits per heavy atom. The molecule has 29 heavy (non-hydrogen) atoms. The highest BCUT2D eigenvalue weighted by molar-refractivity contribution is 6.31. The number of likely N-dealkylation sites (N-methyl/N-ethyl adjacent to an activating group) is 1. The molecule has 0 aliphatic carbocycles. The van der Waals surface area contributed by atoms with E-state index in [2.05, 4.69) is 46.4 Å². The summed E-state index contributed by atoms with van der Waals surface area (Å²) in [7, 11) is 0. The fourth-order valence-electron chi connectivity index (χ4n) is 4.25. The first-order valence-electron chi connectivity index (χ1n) is 10.3. The summed E-state index contributed by atoms with van der Waals surface area (Å²) in [6, 6.07) is 13.2. The van der Waals surface area contributed by atoms with Crippen LogP contribution in [0.15, 0.2) is 48.7 Å². The minimum atomic E-state index is -0.362. The molecule has 0 radical (unpaired) electrons. The van der Waals surface area contributed by atoms with Gasteiger partial charge in [0.15, 0.2) is 0 Å². The predicted molar refractivity (Wildman–Crippen MR) is 117 cm³/mol. The summed E-state index contributed by atoms with van der Waals surface area (Å²) in [5.41, 5.74) is 3.85. The zero-order chi connectivity index (χ0) is 20.4. The Balaban J connectivity index is 1.42. The maximum Gasteiger partial charge on any atom is 0.257 e. The smallest absolute Gasteiger partial charge is 0.257 e. The highest BCUT2D eigenvalue weighted by atomic mass is 19.1. The number of anilines is 3. The van der Waals surface area contributed by atoms with Gasteiger partial charge in [0.05, 0.1) is 11.3 Å². The molecule has 1 saturated heterocycles. The fourth-order valence-corrected chi connectivity index (χ4v) is 4.25. The zero-order valence-corrected chi connectivity index (χ0v) is 16.9. The minimum absolute atomic E-state index is 0.228. The van der Waals surface area contributed by atoms with Crippen LogP contribution in [0.2, 0.25) is 0 Å². The lowest BCUT2D eigenvalue weighted by atomic mass is 10.1. The maximum absolute atomic E-state index is 13.3. The Kier molecular flexibility index (Phi) is 5.53. The van der Waals surface area contributed by atoms with Gasteiger partial charge in [0.2, 0.25) is 0 Å². The van der Waals surface area contributed by atoms with Crippen LogP contribution in [0.3, 0.4) is 0 Å².